The molecule has 0 aliphatic carbocycles. The average molecular weight is 285 g/mol. The molecule has 0 spiro atoms. The maximum Gasteiger partial charge on any atom is 0.309 e. The van der Waals surface area contributed by atoms with Crippen LogP contribution in [0.2, 0.25) is 5.02 Å². The molecular formula is C15H21ClO3. The van der Waals surface area contributed by atoms with Crippen LogP contribution in [0.25, 0.3) is 0 Å². The summed E-state index contributed by atoms with van der Waals surface area (Å²) in [6.07, 6.45) is 2.89. The van der Waals surface area contributed by atoms with E-state index in [2.05, 4.69) is 0 Å². The van der Waals surface area contributed by atoms with Crippen molar-refractivity contribution in [2.24, 2.45) is 5.92 Å². The van der Waals surface area contributed by atoms with Crippen molar-refractivity contribution in [3.8, 4) is 0 Å². The van der Waals surface area contributed by atoms with Gasteiger partial charge in [-0.25, -0.2) is 0 Å². The molecule has 0 amide bonds. The number of ether oxygens (including phenoxy) is 1. The van der Waals surface area contributed by atoms with Crippen LogP contribution in [-0.4, -0.2) is 24.3 Å². The first-order chi connectivity index (χ1) is 9.17. The first-order valence-corrected chi connectivity index (χ1v) is 7.07. The summed E-state index contributed by atoms with van der Waals surface area (Å²) in [6.45, 7) is 2.36. The van der Waals surface area contributed by atoms with E-state index >= 15 is 0 Å². The van der Waals surface area contributed by atoms with Crippen molar-refractivity contribution in [2.75, 3.05) is 13.2 Å². The SMILES string of the molecule is CCOC(=O)[C@H](CCCCO)Cc1cccc(Cl)c1. The Balaban J connectivity index is 2.64. The Labute approximate surface area is 119 Å². The van der Waals surface area contributed by atoms with Crippen molar-refractivity contribution in [3.63, 3.8) is 0 Å². The molecule has 1 rings (SSSR count). The first kappa shape index (κ1) is 16.0. The molecule has 0 bridgehead atoms. The standard InChI is InChI=1S/C15H21ClO3/c1-2-19-15(18)13(7-3-4-9-17)10-12-6-5-8-14(16)11-12/h5-6,8,11,13,17H,2-4,7,9-10H2,1H3/t13-/m1/s1. The summed E-state index contributed by atoms with van der Waals surface area (Å²) < 4.78 is 5.10. The summed E-state index contributed by atoms with van der Waals surface area (Å²) in [6, 6.07) is 7.54. The molecule has 4 heteroatoms. The van der Waals surface area contributed by atoms with E-state index in [0.717, 1.165) is 18.4 Å². The number of benzene rings is 1. The molecule has 1 N–H and O–H groups in total. The average Bonchev–Trinajstić information content (AvgIpc) is 2.38. The summed E-state index contributed by atoms with van der Waals surface area (Å²) in [5.41, 5.74) is 1.04. The van der Waals surface area contributed by atoms with Crippen LogP contribution in [0.1, 0.15) is 31.7 Å². The maximum absolute atomic E-state index is 11.9. The largest absolute Gasteiger partial charge is 0.466 e. The van der Waals surface area contributed by atoms with Gasteiger partial charge in [-0.2, -0.15) is 0 Å². The lowest BCUT2D eigenvalue weighted by Gasteiger charge is -2.15. The highest BCUT2D eigenvalue weighted by atomic mass is 35.5. The number of carbonyl (C=O) groups is 1. The number of unbranched alkanes of at least 4 members (excludes halogenated alkanes) is 1. The molecule has 0 heterocycles. The molecular weight excluding hydrogens is 264 g/mol. The van der Waals surface area contributed by atoms with Gasteiger partial charge in [0.15, 0.2) is 0 Å². The molecule has 1 aromatic carbocycles. The Kier molecular flexibility index (Phi) is 7.53. The van der Waals surface area contributed by atoms with Crippen molar-refractivity contribution >= 4 is 17.6 Å². The predicted octanol–water partition coefficient (Wildman–Crippen LogP) is 3.22. The molecule has 1 atom stereocenters. The molecule has 19 heavy (non-hydrogen) atoms. The number of aliphatic hydroxyl groups is 1. The topological polar surface area (TPSA) is 46.5 Å². The van der Waals surface area contributed by atoms with Crippen LogP contribution in [0.15, 0.2) is 24.3 Å². The minimum atomic E-state index is -0.166. The number of hydrogen-bond donors (Lipinski definition) is 1. The van der Waals surface area contributed by atoms with Gasteiger partial charge in [0.05, 0.1) is 12.5 Å². The fourth-order valence-electron chi connectivity index (χ4n) is 2.01. The van der Waals surface area contributed by atoms with Gasteiger partial charge in [-0.1, -0.05) is 30.2 Å². The third kappa shape index (κ3) is 6.08. The first-order valence-electron chi connectivity index (χ1n) is 6.69. The van der Waals surface area contributed by atoms with Gasteiger partial charge in [0.2, 0.25) is 0 Å². The Morgan fingerprint density at radius 3 is 2.84 bits per heavy atom. The second-order valence-electron chi connectivity index (χ2n) is 4.50. The minimum Gasteiger partial charge on any atom is -0.466 e. The Morgan fingerprint density at radius 2 is 2.21 bits per heavy atom. The van der Waals surface area contributed by atoms with Crippen LogP contribution in [0, 0.1) is 5.92 Å². The molecule has 0 saturated heterocycles. The van der Waals surface area contributed by atoms with Gasteiger partial charge in [-0.3, -0.25) is 4.79 Å². The second-order valence-corrected chi connectivity index (χ2v) is 4.94. The number of aliphatic hydroxyl groups excluding tert-OH is 1. The molecule has 0 aliphatic heterocycles. The third-order valence-corrected chi connectivity index (χ3v) is 3.19. The zero-order valence-electron chi connectivity index (χ0n) is 11.3. The zero-order valence-corrected chi connectivity index (χ0v) is 12.0. The van der Waals surface area contributed by atoms with Crippen LogP contribution in [0.5, 0.6) is 0 Å². The molecule has 0 unspecified atom stereocenters. The van der Waals surface area contributed by atoms with Crippen molar-refractivity contribution in [3.05, 3.63) is 34.9 Å². The summed E-state index contributed by atoms with van der Waals surface area (Å²) >= 11 is 5.95. The summed E-state index contributed by atoms with van der Waals surface area (Å²) in [5.74, 6) is -0.328. The maximum atomic E-state index is 11.9. The molecule has 106 valence electrons. The monoisotopic (exact) mass is 284 g/mol. The smallest absolute Gasteiger partial charge is 0.309 e. The van der Waals surface area contributed by atoms with E-state index in [9.17, 15) is 4.79 Å². The zero-order chi connectivity index (χ0) is 14.1. The van der Waals surface area contributed by atoms with Gasteiger partial charge in [0.1, 0.15) is 0 Å². The van der Waals surface area contributed by atoms with Gasteiger partial charge in [-0.15, -0.1) is 0 Å². The number of halogens is 1. The quantitative estimate of drug-likeness (QED) is 0.589. The van der Waals surface area contributed by atoms with Crippen molar-refractivity contribution in [1.82, 2.24) is 0 Å². The second kappa shape index (κ2) is 8.94. The van der Waals surface area contributed by atoms with Crippen molar-refractivity contribution in [2.45, 2.75) is 32.6 Å². The van der Waals surface area contributed by atoms with E-state index in [4.69, 9.17) is 21.4 Å². The molecule has 0 fully saturated rings. The van der Waals surface area contributed by atoms with Gasteiger partial charge in [0.25, 0.3) is 0 Å². The lowest BCUT2D eigenvalue weighted by Crippen LogP contribution is -2.20. The van der Waals surface area contributed by atoms with Gasteiger partial charge >= 0.3 is 5.97 Å². The molecule has 3 nitrogen and oxygen atoms in total. The van der Waals surface area contributed by atoms with Crippen LogP contribution < -0.4 is 0 Å². The lowest BCUT2D eigenvalue weighted by molar-refractivity contribution is -0.148. The Morgan fingerprint density at radius 1 is 1.42 bits per heavy atom. The predicted molar refractivity (Wildman–Crippen MR) is 76.2 cm³/mol. The van der Waals surface area contributed by atoms with Crippen molar-refractivity contribution < 1.29 is 14.6 Å². The van der Waals surface area contributed by atoms with Crippen LogP contribution in [0.4, 0.5) is 0 Å². The van der Waals surface area contributed by atoms with Crippen LogP contribution in [0.3, 0.4) is 0 Å². The summed E-state index contributed by atoms with van der Waals surface area (Å²) in [4.78, 5) is 11.9. The summed E-state index contributed by atoms with van der Waals surface area (Å²) in [5, 5.41) is 9.49. The van der Waals surface area contributed by atoms with Crippen LogP contribution in [-0.2, 0) is 16.0 Å². The lowest BCUT2D eigenvalue weighted by atomic mass is 9.94. The molecule has 1 aromatic rings. The van der Waals surface area contributed by atoms with E-state index in [1.54, 1.807) is 0 Å². The molecule has 0 aliphatic rings. The molecule has 0 radical (unpaired) electrons. The third-order valence-electron chi connectivity index (χ3n) is 2.95. The Bertz CT molecular complexity index is 393. The van der Waals surface area contributed by atoms with E-state index in [1.165, 1.54) is 0 Å². The van der Waals surface area contributed by atoms with E-state index < -0.39 is 0 Å². The Hall–Kier alpha value is -1.06. The number of esters is 1. The van der Waals surface area contributed by atoms with Crippen LogP contribution >= 0.6 is 11.6 Å². The van der Waals surface area contributed by atoms with E-state index in [1.807, 2.05) is 31.2 Å². The molecule has 0 saturated carbocycles. The highest BCUT2D eigenvalue weighted by Crippen LogP contribution is 2.19. The highest BCUT2D eigenvalue weighted by molar-refractivity contribution is 6.30. The van der Waals surface area contributed by atoms with Gasteiger partial charge in [-0.05, 0) is 43.9 Å². The fraction of sp³-hybridized carbons (Fsp3) is 0.533. The fourth-order valence-corrected chi connectivity index (χ4v) is 2.23. The highest BCUT2D eigenvalue weighted by Gasteiger charge is 2.19. The number of carbonyl (C=O) groups excluding carboxylic acids is 1. The normalized spacial score (nSPS) is 12.2. The van der Waals surface area contributed by atoms with Gasteiger partial charge in [0, 0.05) is 11.6 Å². The number of rotatable bonds is 8. The summed E-state index contributed by atoms with van der Waals surface area (Å²) in [7, 11) is 0. The van der Waals surface area contributed by atoms with Gasteiger partial charge < -0.3 is 9.84 Å². The molecule has 0 aromatic heterocycles. The van der Waals surface area contributed by atoms with Crippen molar-refractivity contribution in [1.29, 1.82) is 0 Å². The minimum absolute atomic E-state index is 0.159. The number of hydrogen-bond acceptors (Lipinski definition) is 3. The van der Waals surface area contributed by atoms with E-state index in [0.29, 0.717) is 24.5 Å². The van der Waals surface area contributed by atoms with E-state index in [-0.39, 0.29) is 18.5 Å².